The topological polar surface area (TPSA) is 102 Å². The monoisotopic (exact) mass is 706 g/mol. The van der Waals surface area contributed by atoms with Gasteiger partial charge in [0.1, 0.15) is 13.2 Å². The fraction of sp³-hybridized carbons (Fsp3) is 0.233. The lowest BCUT2D eigenvalue weighted by atomic mass is 10.1. The van der Waals surface area contributed by atoms with Gasteiger partial charge in [0.15, 0.2) is 23.0 Å². The molecule has 0 bridgehead atoms. The molecule has 4 aliphatic heterocycles. The minimum absolute atomic E-state index is 0.0347. The minimum atomic E-state index is -0.143. The molecule has 0 aliphatic carbocycles. The molecule has 2 amide bonds. The van der Waals surface area contributed by atoms with Gasteiger partial charge in [-0.15, -0.1) is 0 Å². The number of benzene rings is 5. The summed E-state index contributed by atoms with van der Waals surface area (Å²) in [5, 5.41) is 3.50. The first-order chi connectivity index (χ1) is 25.9. The zero-order valence-corrected chi connectivity index (χ0v) is 29.7. The molecule has 0 radical (unpaired) electrons. The molecule has 9 rings (SSSR count). The first-order valence-corrected chi connectivity index (χ1v) is 17.8. The Morgan fingerprint density at radius 3 is 2.00 bits per heavy atom. The van der Waals surface area contributed by atoms with Gasteiger partial charge in [-0.2, -0.15) is 0 Å². The molecule has 2 atom stereocenters. The number of hydrogen-bond acceptors (Lipinski definition) is 8. The quantitative estimate of drug-likeness (QED) is 0.179. The molecule has 0 aromatic heterocycles. The Hall–Kier alpha value is -6.29. The van der Waals surface area contributed by atoms with E-state index in [4.69, 9.17) is 23.9 Å². The van der Waals surface area contributed by atoms with Crippen LogP contribution in [0.5, 0.6) is 23.0 Å². The molecule has 0 fully saturated rings. The Morgan fingerprint density at radius 2 is 1.30 bits per heavy atom. The van der Waals surface area contributed by atoms with Gasteiger partial charge in [0.05, 0.1) is 48.8 Å². The van der Waals surface area contributed by atoms with E-state index in [1.807, 2.05) is 71.5 Å². The predicted octanol–water partition coefficient (Wildman–Crippen LogP) is 7.45. The Morgan fingerprint density at radius 1 is 0.698 bits per heavy atom. The average molecular weight is 707 g/mol. The zero-order chi connectivity index (χ0) is 36.2. The third-order valence-corrected chi connectivity index (χ3v) is 10.5. The average Bonchev–Trinajstić information content (AvgIpc) is 3.67. The minimum Gasteiger partial charge on any atom is -0.493 e. The zero-order valence-electron chi connectivity index (χ0n) is 29.7. The van der Waals surface area contributed by atoms with Crippen LogP contribution in [0.25, 0.3) is 0 Å². The van der Waals surface area contributed by atoms with Crippen LogP contribution in [0, 0.1) is 6.92 Å². The normalized spacial score (nSPS) is 17.7. The number of aryl methyl sites for hydroxylation is 1. The van der Waals surface area contributed by atoms with Gasteiger partial charge in [0.25, 0.3) is 11.8 Å². The van der Waals surface area contributed by atoms with Crippen molar-refractivity contribution in [3.8, 4) is 23.0 Å². The fourth-order valence-corrected chi connectivity index (χ4v) is 8.04. The Bertz CT molecular complexity index is 2340. The highest BCUT2D eigenvalue weighted by Crippen LogP contribution is 2.42. The van der Waals surface area contributed by atoms with Crippen LogP contribution in [0.1, 0.15) is 48.5 Å². The number of hydrogen-bond donors (Lipinski definition) is 1. The number of nitrogens with zero attached hydrogens (tertiary/aromatic N) is 3. The van der Waals surface area contributed by atoms with E-state index in [0.29, 0.717) is 46.4 Å². The molecule has 0 saturated carbocycles. The van der Waals surface area contributed by atoms with E-state index in [0.717, 1.165) is 52.2 Å². The van der Waals surface area contributed by atoms with E-state index in [-0.39, 0.29) is 37.1 Å². The highest BCUT2D eigenvalue weighted by atomic mass is 16.5. The molecule has 0 unspecified atom stereocenters. The van der Waals surface area contributed by atoms with Crippen molar-refractivity contribution in [1.82, 2.24) is 0 Å². The number of fused-ring (bicyclic) bond motifs is 8. The second kappa shape index (κ2) is 13.0. The number of para-hydroxylation sites is 2. The first kappa shape index (κ1) is 32.6. The highest BCUT2D eigenvalue weighted by Gasteiger charge is 2.38. The molecule has 5 aromatic carbocycles. The Kier molecular flexibility index (Phi) is 8.02. The summed E-state index contributed by atoms with van der Waals surface area (Å²) in [4.78, 5) is 36.1. The summed E-state index contributed by atoms with van der Waals surface area (Å²) in [5.74, 6) is 1.83. The van der Waals surface area contributed by atoms with Crippen LogP contribution in [0.3, 0.4) is 0 Å². The van der Waals surface area contributed by atoms with Crippen molar-refractivity contribution >= 4 is 40.8 Å². The second-order valence-electron chi connectivity index (χ2n) is 13.9. The van der Waals surface area contributed by atoms with Gasteiger partial charge in [0, 0.05) is 42.7 Å². The number of methoxy groups -OCH3 is 2. The summed E-state index contributed by atoms with van der Waals surface area (Å²) in [6, 6.07) is 29.3. The maximum absolute atomic E-state index is 13.8. The van der Waals surface area contributed by atoms with Crippen molar-refractivity contribution in [1.29, 1.82) is 0 Å². The van der Waals surface area contributed by atoms with Gasteiger partial charge >= 0.3 is 0 Å². The van der Waals surface area contributed by atoms with Gasteiger partial charge in [-0.3, -0.25) is 19.5 Å². The number of carbonyl (C=O) groups is 2. The summed E-state index contributed by atoms with van der Waals surface area (Å²) < 4.78 is 24.1. The number of carbonyl (C=O) groups excluding carboxylic acids is 2. The van der Waals surface area contributed by atoms with E-state index in [1.165, 1.54) is 5.56 Å². The summed E-state index contributed by atoms with van der Waals surface area (Å²) in [7, 11) is 3.15. The summed E-state index contributed by atoms with van der Waals surface area (Å²) in [6.07, 6.45) is 3.38. The van der Waals surface area contributed by atoms with E-state index in [2.05, 4.69) is 29.6 Å². The van der Waals surface area contributed by atoms with Gasteiger partial charge < -0.3 is 29.2 Å². The number of amides is 2. The van der Waals surface area contributed by atoms with Crippen molar-refractivity contribution in [2.24, 2.45) is 4.99 Å². The second-order valence-corrected chi connectivity index (χ2v) is 13.9. The van der Waals surface area contributed by atoms with Gasteiger partial charge in [-0.25, -0.2) is 0 Å². The summed E-state index contributed by atoms with van der Waals surface area (Å²) in [6.45, 7) is 3.20. The van der Waals surface area contributed by atoms with Crippen LogP contribution in [0.2, 0.25) is 0 Å². The Balaban J connectivity index is 0.919. The van der Waals surface area contributed by atoms with Crippen LogP contribution in [-0.4, -0.2) is 50.9 Å². The van der Waals surface area contributed by atoms with Gasteiger partial charge in [0.2, 0.25) is 0 Å². The van der Waals surface area contributed by atoms with Gasteiger partial charge in [-0.1, -0.05) is 54.1 Å². The molecule has 10 heteroatoms. The molecule has 10 nitrogen and oxygen atoms in total. The fourth-order valence-electron chi connectivity index (χ4n) is 8.04. The number of aliphatic imine (C=N–C) groups is 1. The predicted molar refractivity (Wildman–Crippen MR) is 204 cm³/mol. The molecule has 4 aliphatic rings. The third-order valence-electron chi connectivity index (χ3n) is 10.5. The summed E-state index contributed by atoms with van der Waals surface area (Å²) in [5.41, 5.74) is 9.44. The maximum Gasteiger partial charge on any atom is 0.261 e. The third kappa shape index (κ3) is 5.71. The van der Waals surface area contributed by atoms with Crippen LogP contribution >= 0.6 is 0 Å². The number of rotatable bonds is 8. The first-order valence-electron chi connectivity index (χ1n) is 17.8. The van der Waals surface area contributed by atoms with Crippen LogP contribution in [0.15, 0.2) is 96.0 Å². The number of ether oxygens (including phenoxy) is 4. The van der Waals surface area contributed by atoms with Crippen molar-refractivity contribution in [2.45, 2.75) is 45.1 Å². The molecular formula is C43H38N4O6. The van der Waals surface area contributed by atoms with E-state index in [1.54, 1.807) is 32.4 Å². The molecule has 1 N–H and O–H groups in total. The van der Waals surface area contributed by atoms with E-state index >= 15 is 0 Å². The Labute approximate surface area is 307 Å². The van der Waals surface area contributed by atoms with Crippen molar-refractivity contribution in [3.63, 3.8) is 0 Å². The standard InChI is InChI=1S/C43H38N4O6/c1-25-12-26(23-52-40-19-34-32(17-38(40)50-2)42(48)46-30(21-44-34)15-28-8-4-6-10-36(28)46)14-27(13-25)24-53-41-20-35-33(18-39(41)51-3)43(49)47-31(22-45-35)16-29-9-5-7-11-37(29)47/h4-14,17-21,30-31,45H,15-16,22-24H2,1-3H3/t30-,31-/m0/s1. The number of nitrogens with one attached hydrogen (secondary N) is 1. The molecule has 4 heterocycles. The smallest absolute Gasteiger partial charge is 0.261 e. The number of anilines is 3. The molecule has 0 spiro atoms. The molecule has 53 heavy (non-hydrogen) atoms. The van der Waals surface area contributed by atoms with E-state index < -0.39 is 0 Å². The lowest BCUT2D eigenvalue weighted by molar-refractivity contribution is 0.0976. The maximum atomic E-state index is 13.8. The van der Waals surface area contributed by atoms with Gasteiger partial charge in [-0.05, 0) is 65.9 Å². The largest absolute Gasteiger partial charge is 0.493 e. The lowest BCUT2D eigenvalue weighted by Crippen LogP contribution is -2.39. The van der Waals surface area contributed by atoms with Crippen LogP contribution in [0.4, 0.5) is 22.7 Å². The summed E-state index contributed by atoms with van der Waals surface area (Å²) >= 11 is 0. The van der Waals surface area contributed by atoms with E-state index in [9.17, 15) is 9.59 Å². The van der Waals surface area contributed by atoms with Crippen LogP contribution in [-0.2, 0) is 26.1 Å². The van der Waals surface area contributed by atoms with Crippen LogP contribution < -0.4 is 34.1 Å². The molecular weight excluding hydrogens is 668 g/mol. The lowest BCUT2D eigenvalue weighted by Gasteiger charge is -2.22. The molecule has 0 saturated heterocycles. The van der Waals surface area contributed by atoms with Crippen molar-refractivity contribution in [3.05, 3.63) is 130 Å². The van der Waals surface area contributed by atoms with Crippen molar-refractivity contribution in [2.75, 3.05) is 35.9 Å². The molecule has 5 aromatic rings. The SMILES string of the molecule is COc1cc2c(cc1OCc1cc(C)cc(COc3cc4c(cc3OC)C(=O)N3c5ccccc5C[C@H]3CN4)c1)N=C[C@@H]1Cc3ccccc3N1C2=O. The molecule has 266 valence electrons. The van der Waals surface area contributed by atoms with Crippen molar-refractivity contribution < 1.29 is 28.5 Å². The highest BCUT2D eigenvalue weighted by molar-refractivity contribution is 6.15.